The van der Waals surface area contributed by atoms with E-state index in [0.717, 1.165) is 22.9 Å². The number of benzene rings is 1. The second-order valence-corrected chi connectivity index (χ2v) is 7.25. The van der Waals surface area contributed by atoms with Crippen LogP contribution in [0.1, 0.15) is 18.4 Å². The molecular formula is C12H16BrNO3S. The third-order valence-electron chi connectivity index (χ3n) is 3.27. The smallest absolute Gasteiger partial charge is 0.243 e. The van der Waals surface area contributed by atoms with E-state index >= 15 is 0 Å². The van der Waals surface area contributed by atoms with E-state index in [1.54, 1.807) is 18.2 Å². The van der Waals surface area contributed by atoms with E-state index < -0.39 is 10.0 Å². The molecule has 1 aliphatic rings. The molecular weight excluding hydrogens is 318 g/mol. The first-order chi connectivity index (χ1) is 8.46. The van der Waals surface area contributed by atoms with Crippen LogP contribution in [-0.2, 0) is 10.0 Å². The summed E-state index contributed by atoms with van der Waals surface area (Å²) in [6.07, 6.45) is 1.53. The molecule has 4 nitrogen and oxygen atoms in total. The Bertz CT molecular complexity index is 544. The van der Waals surface area contributed by atoms with Crippen LogP contribution in [-0.4, -0.2) is 37.0 Å². The molecule has 1 N–H and O–H groups in total. The topological polar surface area (TPSA) is 57.6 Å². The van der Waals surface area contributed by atoms with Crippen LogP contribution in [0.15, 0.2) is 27.6 Å². The lowest BCUT2D eigenvalue weighted by Gasteiger charge is -2.22. The molecule has 6 heteroatoms. The number of aliphatic hydroxyl groups excluding tert-OH is 1. The van der Waals surface area contributed by atoms with Gasteiger partial charge in [-0.05, 0) is 43.5 Å². The Morgan fingerprint density at radius 3 is 2.83 bits per heavy atom. The maximum absolute atomic E-state index is 12.5. The van der Waals surface area contributed by atoms with E-state index in [-0.39, 0.29) is 12.6 Å². The second-order valence-electron chi connectivity index (χ2n) is 4.51. The van der Waals surface area contributed by atoms with Crippen molar-refractivity contribution in [3.63, 3.8) is 0 Å². The fraction of sp³-hybridized carbons (Fsp3) is 0.500. The average molecular weight is 334 g/mol. The van der Waals surface area contributed by atoms with E-state index in [1.807, 2.05) is 6.92 Å². The Morgan fingerprint density at radius 1 is 1.50 bits per heavy atom. The maximum atomic E-state index is 12.5. The molecule has 1 aromatic rings. The van der Waals surface area contributed by atoms with Crippen LogP contribution >= 0.6 is 15.9 Å². The second kappa shape index (κ2) is 5.28. The molecule has 0 unspecified atom stereocenters. The minimum atomic E-state index is -3.49. The average Bonchev–Trinajstić information content (AvgIpc) is 2.81. The Kier molecular flexibility index (Phi) is 4.11. The molecule has 0 aliphatic carbocycles. The maximum Gasteiger partial charge on any atom is 0.243 e. The highest BCUT2D eigenvalue weighted by Gasteiger charge is 2.34. The molecule has 0 spiro atoms. The first kappa shape index (κ1) is 14.0. The van der Waals surface area contributed by atoms with Crippen molar-refractivity contribution in [2.75, 3.05) is 13.2 Å². The summed E-state index contributed by atoms with van der Waals surface area (Å²) in [4.78, 5) is 0.295. The number of halogens is 1. The van der Waals surface area contributed by atoms with Crippen LogP contribution in [0.3, 0.4) is 0 Å². The zero-order valence-electron chi connectivity index (χ0n) is 10.1. The van der Waals surface area contributed by atoms with Gasteiger partial charge in [0.15, 0.2) is 0 Å². The predicted molar refractivity (Wildman–Crippen MR) is 72.9 cm³/mol. The minimum absolute atomic E-state index is 0.116. The zero-order chi connectivity index (χ0) is 13.3. The highest BCUT2D eigenvalue weighted by Crippen LogP contribution is 2.28. The van der Waals surface area contributed by atoms with Gasteiger partial charge in [-0.2, -0.15) is 4.31 Å². The highest BCUT2D eigenvalue weighted by atomic mass is 79.9. The SMILES string of the molecule is Cc1cc(S(=O)(=O)N2CCC[C@H]2CO)ccc1Br. The lowest BCUT2D eigenvalue weighted by molar-refractivity contribution is 0.213. The van der Waals surface area contributed by atoms with Gasteiger partial charge in [0, 0.05) is 17.1 Å². The monoisotopic (exact) mass is 333 g/mol. The first-order valence-electron chi connectivity index (χ1n) is 5.85. The van der Waals surface area contributed by atoms with Gasteiger partial charge in [0.05, 0.1) is 11.5 Å². The molecule has 1 fully saturated rings. The summed E-state index contributed by atoms with van der Waals surface area (Å²) in [6.45, 7) is 2.23. The van der Waals surface area contributed by atoms with Gasteiger partial charge in [-0.15, -0.1) is 0 Å². The summed E-state index contributed by atoms with van der Waals surface area (Å²) < 4.78 is 27.2. The molecule has 0 amide bonds. The van der Waals surface area contributed by atoms with Crippen LogP contribution in [0.4, 0.5) is 0 Å². The molecule has 1 saturated heterocycles. The molecule has 0 aromatic heterocycles. The number of sulfonamides is 1. The third-order valence-corrected chi connectivity index (χ3v) is 6.11. The van der Waals surface area contributed by atoms with Gasteiger partial charge in [0.2, 0.25) is 10.0 Å². The third kappa shape index (κ3) is 2.47. The summed E-state index contributed by atoms with van der Waals surface area (Å²) in [7, 11) is -3.49. The fourth-order valence-corrected chi connectivity index (χ4v) is 4.24. The first-order valence-corrected chi connectivity index (χ1v) is 8.09. The Balaban J connectivity index is 2.38. The van der Waals surface area contributed by atoms with Crippen molar-refractivity contribution in [3.8, 4) is 0 Å². The lowest BCUT2D eigenvalue weighted by Crippen LogP contribution is -2.37. The quantitative estimate of drug-likeness (QED) is 0.919. The number of hydrogen-bond donors (Lipinski definition) is 1. The van der Waals surface area contributed by atoms with E-state index in [0.29, 0.717) is 11.4 Å². The van der Waals surface area contributed by atoms with Gasteiger partial charge >= 0.3 is 0 Å². The summed E-state index contributed by atoms with van der Waals surface area (Å²) in [6, 6.07) is 4.72. The number of rotatable bonds is 3. The molecule has 100 valence electrons. The lowest BCUT2D eigenvalue weighted by atomic mass is 10.2. The van der Waals surface area contributed by atoms with Gasteiger partial charge in [0.25, 0.3) is 0 Å². The minimum Gasteiger partial charge on any atom is -0.395 e. The molecule has 1 atom stereocenters. The van der Waals surface area contributed by atoms with Crippen molar-refractivity contribution in [2.24, 2.45) is 0 Å². The normalized spacial score (nSPS) is 21.4. The van der Waals surface area contributed by atoms with Crippen LogP contribution in [0.5, 0.6) is 0 Å². The number of nitrogens with zero attached hydrogens (tertiary/aromatic N) is 1. The summed E-state index contributed by atoms with van der Waals surface area (Å²) >= 11 is 3.36. The highest BCUT2D eigenvalue weighted by molar-refractivity contribution is 9.10. The van der Waals surface area contributed by atoms with Crippen molar-refractivity contribution in [3.05, 3.63) is 28.2 Å². The largest absolute Gasteiger partial charge is 0.395 e. The van der Waals surface area contributed by atoms with E-state index in [1.165, 1.54) is 4.31 Å². The van der Waals surface area contributed by atoms with Crippen LogP contribution in [0.25, 0.3) is 0 Å². The van der Waals surface area contributed by atoms with Crippen LogP contribution < -0.4 is 0 Å². The summed E-state index contributed by atoms with van der Waals surface area (Å²) in [5.41, 5.74) is 0.885. The van der Waals surface area contributed by atoms with Crippen LogP contribution in [0, 0.1) is 6.92 Å². The summed E-state index contributed by atoms with van der Waals surface area (Å²) in [5, 5.41) is 9.23. The molecule has 1 heterocycles. The van der Waals surface area contributed by atoms with Crippen LogP contribution in [0.2, 0.25) is 0 Å². The summed E-state index contributed by atoms with van der Waals surface area (Å²) in [5.74, 6) is 0. The number of aliphatic hydroxyl groups is 1. The Labute approximate surface area is 116 Å². The van der Waals surface area contributed by atoms with E-state index in [4.69, 9.17) is 0 Å². The van der Waals surface area contributed by atoms with Crippen molar-refractivity contribution in [1.29, 1.82) is 0 Å². The van der Waals surface area contributed by atoms with E-state index in [2.05, 4.69) is 15.9 Å². The molecule has 1 aliphatic heterocycles. The Morgan fingerprint density at radius 2 is 2.22 bits per heavy atom. The molecule has 0 radical (unpaired) electrons. The predicted octanol–water partition coefficient (Wildman–Crippen LogP) is 1.90. The molecule has 0 saturated carbocycles. The van der Waals surface area contributed by atoms with Gasteiger partial charge in [-0.3, -0.25) is 0 Å². The van der Waals surface area contributed by atoms with Crippen molar-refractivity contribution in [1.82, 2.24) is 4.31 Å². The zero-order valence-corrected chi connectivity index (χ0v) is 12.5. The van der Waals surface area contributed by atoms with Crippen molar-refractivity contribution < 1.29 is 13.5 Å². The Hall–Kier alpha value is -0.430. The van der Waals surface area contributed by atoms with Crippen molar-refractivity contribution >= 4 is 26.0 Å². The van der Waals surface area contributed by atoms with Gasteiger partial charge in [0.1, 0.15) is 0 Å². The molecule has 2 rings (SSSR count). The van der Waals surface area contributed by atoms with Gasteiger partial charge in [-0.1, -0.05) is 15.9 Å². The number of hydrogen-bond acceptors (Lipinski definition) is 3. The number of aryl methyl sites for hydroxylation is 1. The molecule has 0 bridgehead atoms. The molecule has 1 aromatic carbocycles. The van der Waals surface area contributed by atoms with E-state index in [9.17, 15) is 13.5 Å². The fourth-order valence-electron chi connectivity index (χ4n) is 2.22. The van der Waals surface area contributed by atoms with Gasteiger partial charge in [-0.25, -0.2) is 8.42 Å². The van der Waals surface area contributed by atoms with Crippen molar-refractivity contribution in [2.45, 2.75) is 30.7 Å². The van der Waals surface area contributed by atoms with Gasteiger partial charge < -0.3 is 5.11 Å². The standard InChI is InChI=1S/C12H16BrNO3S/c1-9-7-11(4-5-12(9)13)18(16,17)14-6-2-3-10(14)8-15/h4-5,7,10,15H,2-3,6,8H2,1H3/t10-/m0/s1. The molecule has 18 heavy (non-hydrogen) atoms.